The number of carbonyl (C=O) groups is 1. The number of hydrogen-bond donors (Lipinski definition) is 0. The molecule has 0 aliphatic heterocycles. The molecule has 0 aliphatic carbocycles. The fraction of sp³-hybridized carbons (Fsp3) is 0.263. The Balaban J connectivity index is 2.36. The third-order valence-electron chi connectivity index (χ3n) is 3.58. The van der Waals surface area contributed by atoms with Crippen molar-refractivity contribution in [1.29, 1.82) is 0 Å². The fourth-order valence-electron chi connectivity index (χ4n) is 2.29. The number of aromatic nitrogens is 2. The van der Waals surface area contributed by atoms with Gasteiger partial charge in [-0.15, -0.1) is 0 Å². The molecule has 118 valence electrons. The number of hydrogen-bond acceptors (Lipinski definition) is 2. The minimum Gasteiger partial charge on any atom is -0.348 e. The average Bonchev–Trinajstić information content (AvgIpc) is 3.00. The van der Waals surface area contributed by atoms with Crippen molar-refractivity contribution in [2.24, 2.45) is 0 Å². The molecular formula is C19H21N3O. The largest absolute Gasteiger partial charge is 0.348 e. The molecule has 0 unspecified atom stereocenters. The van der Waals surface area contributed by atoms with Crippen LogP contribution in [0, 0.1) is 13.8 Å². The summed E-state index contributed by atoms with van der Waals surface area (Å²) in [4.78, 5) is 18.3. The topological polar surface area (TPSA) is 37.6 Å². The van der Waals surface area contributed by atoms with Crippen LogP contribution in [0.4, 0.5) is 0 Å². The lowest BCUT2D eigenvalue weighted by Gasteiger charge is -2.11. The standard InChI is InChI=1S/C19H21N3O/c1-13-5-8-15(9-6-13)19-16(11-18(23)21(3)4)22-12-14(2)7-10-17(22)20-19/h5-10,12H,11H2,1-4H3/i2D3,11D2. The van der Waals surface area contributed by atoms with Crippen LogP contribution >= 0.6 is 0 Å². The Kier molecular flexibility index (Phi) is 2.61. The quantitative estimate of drug-likeness (QED) is 0.744. The molecule has 0 aliphatic rings. The zero-order chi connectivity index (χ0) is 20.9. The van der Waals surface area contributed by atoms with E-state index in [0.717, 1.165) is 5.56 Å². The maximum atomic E-state index is 12.6. The number of aryl methyl sites for hydroxylation is 2. The van der Waals surface area contributed by atoms with Crippen molar-refractivity contribution in [3.63, 3.8) is 0 Å². The Bertz CT molecular complexity index is 1040. The molecule has 0 fully saturated rings. The summed E-state index contributed by atoms with van der Waals surface area (Å²) < 4.78 is 41.4. The molecule has 1 amide bonds. The molecular weight excluding hydrogens is 286 g/mol. The second-order valence-electron chi connectivity index (χ2n) is 5.65. The molecule has 3 rings (SSSR count). The zero-order valence-corrected chi connectivity index (χ0v) is 13.3. The van der Waals surface area contributed by atoms with Crippen LogP contribution in [0.1, 0.15) is 23.7 Å². The molecule has 0 saturated heterocycles. The summed E-state index contributed by atoms with van der Waals surface area (Å²) in [5.74, 6) is -0.748. The number of likely N-dealkylation sites (N-methyl/N-ethyl adjacent to an activating group) is 1. The lowest BCUT2D eigenvalue weighted by molar-refractivity contribution is -0.128. The van der Waals surface area contributed by atoms with E-state index in [4.69, 9.17) is 6.85 Å². The predicted molar refractivity (Wildman–Crippen MR) is 92.5 cm³/mol. The number of benzene rings is 1. The van der Waals surface area contributed by atoms with Crippen molar-refractivity contribution in [3.05, 3.63) is 59.4 Å². The van der Waals surface area contributed by atoms with Gasteiger partial charge in [0.15, 0.2) is 0 Å². The van der Waals surface area contributed by atoms with Crippen LogP contribution in [-0.4, -0.2) is 34.3 Å². The number of fused-ring (bicyclic) bond motifs is 1. The Morgan fingerprint density at radius 2 is 1.91 bits per heavy atom. The third-order valence-corrected chi connectivity index (χ3v) is 3.58. The van der Waals surface area contributed by atoms with Gasteiger partial charge in [-0.05, 0) is 25.4 Å². The van der Waals surface area contributed by atoms with Gasteiger partial charge in [0.25, 0.3) is 0 Å². The number of imidazole rings is 1. The zero-order valence-electron chi connectivity index (χ0n) is 18.3. The summed E-state index contributed by atoms with van der Waals surface area (Å²) in [7, 11) is 2.95. The number of pyridine rings is 1. The van der Waals surface area contributed by atoms with Crippen molar-refractivity contribution < 1.29 is 11.6 Å². The SMILES string of the molecule is [2H]C([2H])([2H])c1ccc2nc(-c3ccc(C)cc3)c(C([2H])([2H])C(=O)N(C)C)n2c1. The second kappa shape index (κ2) is 5.88. The van der Waals surface area contributed by atoms with E-state index in [1.807, 2.05) is 31.2 Å². The van der Waals surface area contributed by atoms with Crippen LogP contribution < -0.4 is 0 Å². The Labute approximate surface area is 143 Å². The summed E-state index contributed by atoms with van der Waals surface area (Å²) in [6.45, 7) is -0.427. The Hall–Kier alpha value is -2.62. The van der Waals surface area contributed by atoms with E-state index < -0.39 is 19.1 Å². The Morgan fingerprint density at radius 1 is 1.22 bits per heavy atom. The van der Waals surface area contributed by atoms with Crippen molar-refractivity contribution >= 4 is 11.6 Å². The summed E-state index contributed by atoms with van der Waals surface area (Å²) in [5, 5.41) is 0. The van der Waals surface area contributed by atoms with Gasteiger partial charge in [0.2, 0.25) is 5.91 Å². The van der Waals surface area contributed by atoms with Crippen molar-refractivity contribution in [3.8, 4) is 11.3 Å². The predicted octanol–water partition coefficient (Wildman–Crippen LogP) is 3.25. The van der Waals surface area contributed by atoms with E-state index >= 15 is 0 Å². The van der Waals surface area contributed by atoms with Crippen LogP contribution in [0.15, 0.2) is 42.6 Å². The van der Waals surface area contributed by atoms with Gasteiger partial charge < -0.3 is 9.30 Å². The number of amides is 1. The van der Waals surface area contributed by atoms with Gasteiger partial charge in [-0.25, -0.2) is 4.98 Å². The highest BCUT2D eigenvalue weighted by Crippen LogP contribution is 2.26. The fourth-order valence-corrected chi connectivity index (χ4v) is 2.29. The van der Waals surface area contributed by atoms with E-state index in [0.29, 0.717) is 16.9 Å². The molecule has 2 heterocycles. The maximum absolute atomic E-state index is 12.6. The normalized spacial score (nSPS) is 15.3. The minimum absolute atomic E-state index is 0.0103. The van der Waals surface area contributed by atoms with E-state index in [-0.39, 0.29) is 11.3 Å². The van der Waals surface area contributed by atoms with Gasteiger partial charge in [0, 0.05) is 32.7 Å². The summed E-state index contributed by atoms with van der Waals surface area (Å²) >= 11 is 0. The first-order valence-corrected chi connectivity index (χ1v) is 7.25. The highest BCUT2D eigenvalue weighted by Gasteiger charge is 2.18. The first-order valence-electron chi connectivity index (χ1n) is 9.75. The molecule has 1 aromatic carbocycles. The van der Waals surface area contributed by atoms with E-state index in [2.05, 4.69) is 4.98 Å². The molecule has 0 N–H and O–H groups in total. The van der Waals surface area contributed by atoms with Crippen LogP contribution in [0.2, 0.25) is 0 Å². The molecule has 0 radical (unpaired) electrons. The molecule has 2 aromatic heterocycles. The van der Waals surface area contributed by atoms with Gasteiger partial charge in [-0.2, -0.15) is 0 Å². The van der Waals surface area contributed by atoms with E-state index in [1.165, 1.54) is 41.7 Å². The Morgan fingerprint density at radius 3 is 2.57 bits per heavy atom. The molecule has 4 nitrogen and oxygen atoms in total. The summed E-state index contributed by atoms with van der Waals surface area (Å²) in [6, 6.07) is 10.3. The number of carbonyl (C=O) groups excluding carboxylic acids is 1. The van der Waals surface area contributed by atoms with Crippen molar-refractivity contribution in [2.45, 2.75) is 20.1 Å². The first-order chi connectivity index (χ1) is 12.9. The lowest BCUT2D eigenvalue weighted by Crippen LogP contribution is -2.24. The maximum Gasteiger partial charge on any atom is 0.228 e. The van der Waals surface area contributed by atoms with Crippen LogP contribution in [0.25, 0.3) is 16.9 Å². The third kappa shape index (κ3) is 2.97. The molecule has 0 bridgehead atoms. The molecule has 0 saturated carbocycles. The molecule has 3 aromatic rings. The number of nitrogens with zero attached hydrogens (tertiary/aromatic N) is 3. The average molecular weight is 312 g/mol. The molecule has 0 atom stereocenters. The van der Waals surface area contributed by atoms with E-state index in [1.54, 1.807) is 0 Å². The highest BCUT2D eigenvalue weighted by molar-refractivity contribution is 5.81. The first kappa shape index (κ1) is 10.2. The molecule has 4 heteroatoms. The van der Waals surface area contributed by atoms with Crippen molar-refractivity contribution in [2.75, 3.05) is 14.1 Å². The summed E-state index contributed by atoms with van der Waals surface area (Å²) in [5.41, 5.74) is 2.41. The smallest absolute Gasteiger partial charge is 0.228 e. The van der Waals surface area contributed by atoms with Gasteiger partial charge >= 0.3 is 0 Å². The van der Waals surface area contributed by atoms with Crippen LogP contribution in [0.5, 0.6) is 0 Å². The molecule has 23 heavy (non-hydrogen) atoms. The van der Waals surface area contributed by atoms with Crippen LogP contribution in [-0.2, 0) is 11.2 Å². The summed E-state index contributed by atoms with van der Waals surface area (Å²) in [6.07, 6.45) is -1.07. The van der Waals surface area contributed by atoms with Gasteiger partial charge in [-0.1, -0.05) is 35.9 Å². The second-order valence-corrected chi connectivity index (χ2v) is 5.65. The van der Waals surface area contributed by atoms with Gasteiger partial charge in [0.1, 0.15) is 5.65 Å². The molecule has 0 spiro atoms. The highest BCUT2D eigenvalue weighted by atomic mass is 16.2. The van der Waals surface area contributed by atoms with Gasteiger partial charge in [-0.3, -0.25) is 4.79 Å². The van der Waals surface area contributed by atoms with Crippen LogP contribution in [0.3, 0.4) is 0 Å². The monoisotopic (exact) mass is 312 g/mol. The lowest BCUT2D eigenvalue weighted by atomic mass is 10.1. The van der Waals surface area contributed by atoms with E-state index in [9.17, 15) is 4.79 Å². The van der Waals surface area contributed by atoms with Gasteiger partial charge in [0.05, 0.1) is 17.8 Å². The number of rotatable bonds is 3. The van der Waals surface area contributed by atoms with Crippen molar-refractivity contribution in [1.82, 2.24) is 14.3 Å². The minimum atomic E-state index is -2.41.